The molecule has 4 rings (SSSR count). The molecule has 9 heteroatoms. The van der Waals surface area contributed by atoms with E-state index in [1.54, 1.807) is 28.4 Å². The van der Waals surface area contributed by atoms with E-state index in [1.807, 2.05) is 72.1 Å². The molecule has 0 aliphatic heterocycles. The van der Waals surface area contributed by atoms with Crippen molar-refractivity contribution in [2.24, 2.45) is 0 Å². The Kier molecular flexibility index (Phi) is 10.4. The van der Waals surface area contributed by atoms with Gasteiger partial charge in [-0.05, 0) is 35.7 Å². The summed E-state index contributed by atoms with van der Waals surface area (Å²) in [5.74, 6) is 2.72. The van der Waals surface area contributed by atoms with E-state index in [0.717, 1.165) is 46.2 Å². The van der Waals surface area contributed by atoms with E-state index >= 15 is 0 Å². The van der Waals surface area contributed by atoms with Crippen molar-refractivity contribution in [3.05, 3.63) is 99.5 Å². The number of methoxy groups -OCH3 is 4. The molecule has 0 unspecified atom stereocenters. The summed E-state index contributed by atoms with van der Waals surface area (Å²) in [6, 6.07) is 21.6. The average molecular weight is 562 g/mol. The van der Waals surface area contributed by atoms with Crippen LogP contribution in [0.25, 0.3) is 0 Å². The van der Waals surface area contributed by atoms with Crippen LogP contribution in [0.2, 0.25) is 0 Å². The third-order valence-corrected chi connectivity index (χ3v) is 7.33. The van der Waals surface area contributed by atoms with E-state index in [2.05, 4.69) is 15.2 Å². The van der Waals surface area contributed by atoms with Gasteiger partial charge in [0, 0.05) is 36.6 Å². The molecule has 0 fully saturated rings. The SMILES string of the molecule is COc1ccc(CN(CCc2ccc(OC)c(OC)c2)Cc2nc(C(=O)NCc3ccccc3)cs2)c(OC)c1. The number of nitrogens with zero attached hydrogens (tertiary/aromatic N) is 2. The van der Waals surface area contributed by atoms with Crippen LogP contribution < -0.4 is 24.3 Å². The Hall–Kier alpha value is -4.08. The third kappa shape index (κ3) is 7.74. The first kappa shape index (κ1) is 28.9. The van der Waals surface area contributed by atoms with Crippen molar-refractivity contribution in [3.8, 4) is 23.0 Å². The van der Waals surface area contributed by atoms with Crippen LogP contribution in [0.15, 0.2) is 72.1 Å². The van der Waals surface area contributed by atoms with E-state index < -0.39 is 0 Å². The lowest BCUT2D eigenvalue weighted by Crippen LogP contribution is -2.26. The molecule has 8 nitrogen and oxygen atoms in total. The Labute approximate surface area is 239 Å². The van der Waals surface area contributed by atoms with Crippen molar-refractivity contribution in [2.75, 3.05) is 35.0 Å². The minimum absolute atomic E-state index is 0.181. The largest absolute Gasteiger partial charge is 0.497 e. The molecule has 0 radical (unpaired) electrons. The van der Waals surface area contributed by atoms with Crippen molar-refractivity contribution in [1.82, 2.24) is 15.2 Å². The van der Waals surface area contributed by atoms with Gasteiger partial charge in [-0.25, -0.2) is 4.98 Å². The molecule has 0 spiro atoms. The smallest absolute Gasteiger partial charge is 0.271 e. The first-order valence-corrected chi connectivity index (χ1v) is 13.8. The maximum atomic E-state index is 12.7. The zero-order valence-corrected chi connectivity index (χ0v) is 24.1. The Balaban J connectivity index is 1.48. The molecule has 210 valence electrons. The number of amides is 1. The fourth-order valence-corrected chi connectivity index (χ4v) is 5.12. The highest BCUT2D eigenvalue weighted by Crippen LogP contribution is 2.29. The van der Waals surface area contributed by atoms with Crippen molar-refractivity contribution in [3.63, 3.8) is 0 Å². The monoisotopic (exact) mass is 561 g/mol. The van der Waals surface area contributed by atoms with E-state index in [4.69, 9.17) is 18.9 Å². The van der Waals surface area contributed by atoms with Gasteiger partial charge in [-0.15, -0.1) is 11.3 Å². The molecule has 1 heterocycles. The maximum absolute atomic E-state index is 12.7. The maximum Gasteiger partial charge on any atom is 0.271 e. The Bertz CT molecular complexity index is 1390. The van der Waals surface area contributed by atoms with Gasteiger partial charge in [0.2, 0.25) is 0 Å². The summed E-state index contributed by atoms with van der Waals surface area (Å²) >= 11 is 1.49. The summed E-state index contributed by atoms with van der Waals surface area (Å²) < 4.78 is 21.9. The van der Waals surface area contributed by atoms with Crippen molar-refractivity contribution in [2.45, 2.75) is 26.1 Å². The fraction of sp³-hybridized carbons (Fsp3) is 0.290. The molecular formula is C31H35N3O5S. The van der Waals surface area contributed by atoms with E-state index in [-0.39, 0.29) is 5.91 Å². The topological polar surface area (TPSA) is 82.2 Å². The Morgan fingerprint density at radius 3 is 2.33 bits per heavy atom. The van der Waals surface area contributed by atoms with Gasteiger partial charge in [0.15, 0.2) is 11.5 Å². The number of nitrogens with one attached hydrogen (secondary N) is 1. The second-order valence-electron chi connectivity index (χ2n) is 9.12. The quantitative estimate of drug-likeness (QED) is 0.222. The van der Waals surface area contributed by atoms with Crippen LogP contribution in [-0.2, 0) is 26.1 Å². The van der Waals surface area contributed by atoms with Crippen LogP contribution >= 0.6 is 11.3 Å². The molecule has 3 aromatic carbocycles. The minimum atomic E-state index is -0.181. The van der Waals surface area contributed by atoms with E-state index in [9.17, 15) is 4.79 Å². The molecule has 1 amide bonds. The van der Waals surface area contributed by atoms with Crippen LogP contribution in [-0.4, -0.2) is 50.8 Å². The standard InChI is InChI=1S/C31H35N3O5S/c1-36-25-12-11-24(28(17-25)38-3)19-34(15-14-22-10-13-27(37-2)29(16-22)39-4)20-30-33-26(21-40-30)31(35)32-18-23-8-6-5-7-9-23/h5-13,16-17,21H,14-15,18-20H2,1-4H3,(H,32,35). The predicted molar refractivity (Wildman–Crippen MR) is 157 cm³/mol. The van der Waals surface area contributed by atoms with Gasteiger partial charge in [0.25, 0.3) is 5.91 Å². The fourth-order valence-electron chi connectivity index (χ4n) is 4.31. The van der Waals surface area contributed by atoms with Crippen molar-refractivity contribution >= 4 is 17.2 Å². The second-order valence-corrected chi connectivity index (χ2v) is 10.1. The Morgan fingerprint density at radius 2 is 1.60 bits per heavy atom. The number of carbonyl (C=O) groups excluding carboxylic acids is 1. The van der Waals surface area contributed by atoms with E-state index in [1.165, 1.54) is 11.3 Å². The lowest BCUT2D eigenvalue weighted by Gasteiger charge is -2.23. The molecular weight excluding hydrogens is 526 g/mol. The summed E-state index contributed by atoms with van der Waals surface area (Å²) in [6.45, 7) is 2.43. The molecule has 0 saturated heterocycles. The number of carbonyl (C=O) groups is 1. The van der Waals surface area contributed by atoms with Gasteiger partial charge in [0.05, 0.1) is 35.0 Å². The van der Waals surface area contributed by atoms with Gasteiger partial charge in [0.1, 0.15) is 22.2 Å². The lowest BCUT2D eigenvalue weighted by atomic mass is 10.1. The summed E-state index contributed by atoms with van der Waals surface area (Å²) in [4.78, 5) is 19.7. The van der Waals surface area contributed by atoms with Crippen LogP contribution in [0.1, 0.15) is 32.2 Å². The first-order chi connectivity index (χ1) is 19.5. The number of rotatable bonds is 14. The normalized spacial score (nSPS) is 10.8. The van der Waals surface area contributed by atoms with Crippen LogP contribution in [0, 0.1) is 0 Å². The second kappa shape index (κ2) is 14.3. The number of ether oxygens (including phenoxy) is 4. The number of aromatic nitrogens is 1. The molecule has 0 saturated carbocycles. The van der Waals surface area contributed by atoms with Gasteiger partial charge in [-0.2, -0.15) is 0 Å². The summed E-state index contributed by atoms with van der Waals surface area (Å²) in [7, 11) is 6.57. The molecule has 0 bridgehead atoms. The first-order valence-electron chi connectivity index (χ1n) is 12.9. The molecule has 0 atom stereocenters. The van der Waals surface area contributed by atoms with Gasteiger partial charge in [-0.3, -0.25) is 9.69 Å². The summed E-state index contributed by atoms with van der Waals surface area (Å²) in [6.07, 6.45) is 0.786. The number of hydrogen-bond acceptors (Lipinski definition) is 8. The minimum Gasteiger partial charge on any atom is -0.497 e. The van der Waals surface area contributed by atoms with Gasteiger partial charge < -0.3 is 24.3 Å². The average Bonchev–Trinajstić information content (AvgIpc) is 3.47. The van der Waals surface area contributed by atoms with Crippen molar-refractivity contribution in [1.29, 1.82) is 0 Å². The van der Waals surface area contributed by atoms with Gasteiger partial charge >= 0.3 is 0 Å². The van der Waals surface area contributed by atoms with Crippen LogP contribution in [0.3, 0.4) is 0 Å². The lowest BCUT2D eigenvalue weighted by molar-refractivity contribution is 0.0946. The zero-order valence-electron chi connectivity index (χ0n) is 23.3. The number of hydrogen-bond donors (Lipinski definition) is 1. The summed E-state index contributed by atoms with van der Waals surface area (Å²) in [5.41, 5.74) is 3.64. The molecule has 1 N–H and O–H groups in total. The number of thiazole rings is 1. The van der Waals surface area contributed by atoms with Crippen molar-refractivity contribution < 1.29 is 23.7 Å². The molecule has 0 aliphatic carbocycles. The predicted octanol–water partition coefficient (Wildman–Crippen LogP) is 5.35. The molecule has 0 aliphatic rings. The highest BCUT2D eigenvalue weighted by Gasteiger charge is 2.17. The van der Waals surface area contributed by atoms with E-state index in [0.29, 0.717) is 36.8 Å². The molecule has 40 heavy (non-hydrogen) atoms. The van der Waals surface area contributed by atoms with Gasteiger partial charge in [-0.1, -0.05) is 42.5 Å². The highest BCUT2D eigenvalue weighted by molar-refractivity contribution is 7.09. The number of benzene rings is 3. The molecule has 4 aromatic rings. The Morgan fingerprint density at radius 1 is 0.825 bits per heavy atom. The zero-order chi connectivity index (χ0) is 28.3. The highest BCUT2D eigenvalue weighted by atomic mass is 32.1. The molecule has 1 aromatic heterocycles. The summed E-state index contributed by atoms with van der Waals surface area (Å²) in [5, 5.41) is 5.64. The van der Waals surface area contributed by atoms with Crippen LogP contribution in [0.4, 0.5) is 0 Å². The van der Waals surface area contributed by atoms with Crippen LogP contribution in [0.5, 0.6) is 23.0 Å². The third-order valence-electron chi connectivity index (χ3n) is 6.49.